The van der Waals surface area contributed by atoms with Crippen LogP contribution in [0.4, 0.5) is 5.69 Å². The van der Waals surface area contributed by atoms with Crippen molar-refractivity contribution in [3.05, 3.63) is 53.6 Å². The fraction of sp³-hybridized carbons (Fsp3) is 0.316. The van der Waals surface area contributed by atoms with E-state index in [0.717, 1.165) is 12.1 Å². The van der Waals surface area contributed by atoms with Gasteiger partial charge in [0.25, 0.3) is 0 Å². The van der Waals surface area contributed by atoms with Gasteiger partial charge in [0.1, 0.15) is 0 Å². The third kappa shape index (κ3) is 4.56. The number of benzene rings is 2. The van der Waals surface area contributed by atoms with E-state index >= 15 is 0 Å². The number of nitrogens with two attached hydrogens (primary N) is 1. The maximum atomic E-state index is 6.05. The Morgan fingerprint density at radius 2 is 1.84 bits per heavy atom. The SMILES string of the molecule is COc1ccc(NC(N)=NC2CC2c2ccccc2C)cc1OC.I. The molecule has 134 valence electrons. The number of methoxy groups -OCH3 is 2. The molecule has 1 aliphatic carbocycles. The maximum absolute atomic E-state index is 6.05. The number of hydrogen-bond donors (Lipinski definition) is 2. The van der Waals surface area contributed by atoms with E-state index < -0.39 is 0 Å². The molecule has 0 radical (unpaired) electrons. The van der Waals surface area contributed by atoms with Crippen LogP contribution in [0, 0.1) is 6.92 Å². The molecular weight excluding hydrogens is 429 g/mol. The van der Waals surface area contributed by atoms with Crippen molar-refractivity contribution in [1.29, 1.82) is 0 Å². The van der Waals surface area contributed by atoms with Crippen LogP contribution >= 0.6 is 24.0 Å². The van der Waals surface area contributed by atoms with Crippen LogP contribution in [0.15, 0.2) is 47.5 Å². The topological polar surface area (TPSA) is 68.9 Å². The Bertz CT molecular complexity index is 764. The number of guanidine groups is 1. The van der Waals surface area contributed by atoms with E-state index in [1.54, 1.807) is 14.2 Å². The third-order valence-corrected chi connectivity index (χ3v) is 4.31. The van der Waals surface area contributed by atoms with Gasteiger partial charge in [-0.15, -0.1) is 24.0 Å². The molecule has 0 bridgehead atoms. The monoisotopic (exact) mass is 453 g/mol. The van der Waals surface area contributed by atoms with Crippen LogP contribution < -0.4 is 20.5 Å². The normalized spacial score (nSPS) is 18.9. The van der Waals surface area contributed by atoms with Crippen LogP contribution in [0.3, 0.4) is 0 Å². The molecule has 0 aliphatic heterocycles. The van der Waals surface area contributed by atoms with Crippen LogP contribution in [0.25, 0.3) is 0 Å². The summed E-state index contributed by atoms with van der Waals surface area (Å²) in [4.78, 5) is 4.59. The average Bonchev–Trinajstić information content (AvgIpc) is 3.33. The molecule has 1 fully saturated rings. The molecule has 5 nitrogen and oxygen atoms in total. The number of aryl methyl sites for hydroxylation is 1. The predicted molar refractivity (Wildman–Crippen MR) is 113 cm³/mol. The minimum absolute atomic E-state index is 0. The van der Waals surface area contributed by atoms with Crippen molar-refractivity contribution in [1.82, 2.24) is 0 Å². The molecule has 3 rings (SSSR count). The molecule has 6 heteroatoms. The Hall–Kier alpha value is -1.96. The lowest BCUT2D eigenvalue weighted by Gasteiger charge is -2.11. The van der Waals surface area contributed by atoms with E-state index in [9.17, 15) is 0 Å². The first kappa shape index (κ1) is 19.4. The quantitative estimate of drug-likeness (QED) is 0.409. The van der Waals surface area contributed by atoms with E-state index in [0.29, 0.717) is 23.4 Å². The first-order valence-electron chi connectivity index (χ1n) is 8.00. The van der Waals surface area contributed by atoms with Crippen LogP contribution in [0.5, 0.6) is 11.5 Å². The number of nitrogens with zero attached hydrogens (tertiary/aromatic N) is 1. The summed E-state index contributed by atoms with van der Waals surface area (Å²) in [7, 11) is 3.22. The van der Waals surface area contributed by atoms with E-state index in [1.165, 1.54) is 11.1 Å². The van der Waals surface area contributed by atoms with Crippen molar-refractivity contribution in [2.45, 2.75) is 25.3 Å². The second kappa shape index (κ2) is 8.42. The Kier molecular flexibility index (Phi) is 6.52. The smallest absolute Gasteiger partial charge is 0.193 e. The molecule has 0 heterocycles. The van der Waals surface area contributed by atoms with E-state index in [2.05, 4.69) is 41.5 Å². The molecule has 0 saturated heterocycles. The van der Waals surface area contributed by atoms with Crippen molar-refractivity contribution in [3.8, 4) is 11.5 Å². The van der Waals surface area contributed by atoms with Crippen molar-refractivity contribution in [3.63, 3.8) is 0 Å². The number of aliphatic imine (C=N–C) groups is 1. The highest BCUT2D eigenvalue weighted by molar-refractivity contribution is 14.0. The second-order valence-electron chi connectivity index (χ2n) is 5.98. The summed E-state index contributed by atoms with van der Waals surface area (Å²) < 4.78 is 10.5. The summed E-state index contributed by atoms with van der Waals surface area (Å²) in [5.74, 6) is 2.22. The number of halogens is 1. The van der Waals surface area contributed by atoms with E-state index in [4.69, 9.17) is 15.2 Å². The van der Waals surface area contributed by atoms with Crippen molar-refractivity contribution >= 4 is 35.6 Å². The first-order valence-corrected chi connectivity index (χ1v) is 8.00. The van der Waals surface area contributed by atoms with Gasteiger partial charge >= 0.3 is 0 Å². The van der Waals surface area contributed by atoms with Crippen molar-refractivity contribution in [2.75, 3.05) is 19.5 Å². The number of anilines is 1. The molecule has 0 amide bonds. The summed E-state index contributed by atoms with van der Waals surface area (Å²) in [5.41, 5.74) is 9.55. The van der Waals surface area contributed by atoms with Crippen LogP contribution in [-0.2, 0) is 0 Å². The number of nitrogens with one attached hydrogen (secondary N) is 1. The number of hydrogen-bond acceptors (Lipinski definition) is 3. The largest absolute Gasteiger partial charge is 0.493 e. The summed E-state index contributed by atoms with van der Waals surface area (Å²) in [6.07, 6.45) is 1.04. The Balaban J connectivity index is 0.00000225. The average molecular weight is 453 g/mol. The molecule has 1 saturated carbocycles. The number of rotatable bonds is 5. The van der Waals surface area contributed by atoms with Crippen molar-refractivity contribution in [2.24, 2.45) is 10.7 Å². The Morgan fingerprint density at radius 3 is 2.52 bits per heavy atom. The molecule has 3 N–H and O–H groups in total. The molecule has 2 atom stereocenters. The molecule has 0 spiro atoms. The van der Waals surface area contributed by atoms with Crippen LogP contribution in [0.1, 0.15) is 23.5 Å². The van der Waals surface area contributed by atoms with E-state index in [1.807, 2.05) is 18.2 Å². The fourth-order valence-electron chi connectivity index (χ4n) is 2.93. The minimum atomic E-state index is 0. The van der Waals surface area contributed by atoms with Gasteiger partial charge in [-0.3, -0.25) is 0 Å². The molecule has 2 aromatic rings. The van der Waals surface area contributed by atoms with Gasteiger partial charge in [-0.25, -0.2) is 4.99 Å². The minimum Gasteiger partial charge on any atom is -0.493 e. The molecular formula is C19H24IN3O2. The highest BCUT2D eigenvalue weighted by atomic mass is 127. The Morgan fingerprint density at radius 1 is 1.12 bits per heavy atom. The summed E-state index contributed by atoms with van der Waals surface area (Å²) >= 11 is 0. The van der Waals surface area contributed by atoms with Crippen LogP contribution in [0.2, 0.25) is 0 Å². The van der Waals surface area contributed by atoms with Gasteiger partial charge in [0.2, 0.25) is 0 Å². The number of ether oxygens (including phenoxy) is 2. The van der Waals surface area contributed by atoms with Gasteiger partial charge in [-0.1, -0.05) is 24.3 Å². The van der Waals surface area contributed by atoms with Gasteiger partial charge < -0.3 is 20.5 Å². The zero-order valence-corrected chi connectivity index (χ0v) is 17.0. The predicted octanol–water partition coefficient (Wildman–Crippen LogP) is 3.91. The maximum Gasteiger partial charge on any atom is 0.193 e. The lowest BCUT2D eigenvalue weighted by atomic mass is 10.0. The summed E-state index contributed by atoms with van der Waals surface area (Å²) in [6, 6.07) is 14.3. The fourth-order valence-corrected chi connectivity index (χ4v) is 2.93. The lowest BCUT2D eigenvalue weighted by molar-refractivity contribution is 0.355. The summed E-state index contributed by atoms with van der Waals surface area (Å²) in [6.45, 7) is 2.14. The molecule has 2 unspecified atom stereocenters. The lowest BCUT2D eigenvalue weighted by Crippen LogP contribution is -2.23. The summed E-state index contributed by atoms with van der Waals surface area (Å²) in [5, 5.41) is 3.12. The van der Waals surface area contributed by atoms with Gasteiger partial charge in [0.05, 0.1) is 20.3 Å². The highest BCUT2D eigenvalue weighted by Gasteiger charge is 2.39. The zero-order chi connectivity index (χ0) is 17.1. The standard InChI is InChI=1S/C19H23N3O2.HI/c1-12-6-4-5-7-14(12)15-11-16(15)22-19(20)21-13-8-9-17(23-2)18(10-13)24-3;/h4-10,15-16H,11H2,1-3H3,(H3,20,21,22);1H. The molecule has 2 aromatic carbocycles. The molecule has 1 aliphatic rings. The van der Waals surface area contributed by atoms with Gasteiger partial charge in [0.15, 0.2) is 17.5 Å². The second-order valence-corrected chi connectivity index (χ2v) is 5.98. The van der Waals surface area contributed by atoms with Crippen molar-refractivity contribution < 1.29 is 9.47 Å². The zero-order valence-electron chi connectivity index (χ0n) is 14.7. The first-order chi connectivity index (χ1) is 11.6. The Labute approximate surface area is 165 Å². The highest BCUT2D eigenvalue weighted by Crippen LogP contribution is 2.44. The van der Waals surface area contributed by atoms with Gasteiger partial charge in [-0.2, -0.15) is 0 Å². The van der Waals surface area contributed by atoms with E-state index in [-0.39, 0.29) is 30.0 Å². The third-order valence-electron chi connectivity index (χ3n) is 4.31. The molecule has 0 aromatic heterocycles. The van der Waals surface area contributed by atoms with Crippen LogP contribution in [-0.4, -0.2) is 26.2 Å². The van der Waals surface area contributed by atoms with Gasteiger partial charge in [-0.05, 0) is 36.6 Å². The molecule has 25 heavy (non-hydrogen) atoms. The van der Waals surface area contributed by atoms with Gasteiger partial charge in [0, 0.05) is 17.7 Å².